The molecule has 0 spiro atoms. The van der Waals surface area contributed by atoms with E-state index in [9.17, 15) is 0 Å². The molecule has 0 aliphatic carbocycles. The van der Waals surface area contributed by atoms with Crippen molar-refractivity contribution in [3.05, 3.63) is 35.5 Å². The highest BCUT2D eigenvalue weighted by Crippen LogP contribution is 2.42. The minimum Gasteiger partial charge on any atom is -0.416 e. The summed E-state index contributed by atoms with van der Waals surface area (Å²) in [4.78, 5) is 0. The van der Waals surface area contributed by atoms with E-state index in [0.717, 1.165) is 13.0 Å². The van der Waals surface area contributed by atoms with Gasteiger partial charge >= 0.3 is 0 Å². The van der Waals surface area contributed by atoms with E-state index in [1.807, 2.05) is 0 Å². The molecule has 2 heterocycles. The summed E-state index contributed by atoms with van der Waals surface area (Å²) in [7, 11) is -1.78. The van der Waals surface area contributed by atoms with Crippen LogP contribution < -0.4 is 0 Å². The van der Waals surface area contributed by atoms with Gasteiger partial charge in [0.25, 0.3) is 0 Å². The molecule has 0 saturated carbocycles. The van der Waals surface area contributed by atoms with E-state index in [-0.39, 0.29) is 0 Å². The van der Waals surface area contributed by atoms with Crippen molar-refractivity contribution >= 4 is 19.2 Å². The lowest BCUT2D eigenvalue weighted by Gasteiger charge is -2.42. The van der Waals surface area contributed by atoms with Gasteiger partial charge in [-0.3, -0.25) is 0 Å². The third-order valence-corrected chi connectivity index (χ3v) is 13.0. The van der Waals surface area contributed by atoms with Gasteiger partial charge in [0.15, 0.2) is 8.32 Å². The first-order chi connectivity index (χ1) is 12.9. The molecule has 2 aromatic rings. The van der Waals surface area contributed by atoms with Crippen LogP contribution in [0.5, 0.6) is 0 Å². The summed E-state index contributed by atoms with van der Waals surface area (Å²) in [5.74, 6) is 0. The molecule has 0 amide bonds. The van der Waals surface area contributed by atoms with Crippen LogP contribution in [-0.2, 0) is 23.8 Å². The van der Waals surface area contributed by atoms with Gasteiger partial charge in [0.2, 0.25) is 0 Å². The number of aromatic nitrogens is 1. The number of fused-ring (bicyclic) bond motifs is 3. The predicted octanol–water partition coefficient (Wildman–Crippen LogP) is 7.10. The molecule has 1 aromatic heterocycles. The first-order valence-electron chi connectivity index (χ1n) is 11.1. The van der Waals surface area contributed by atoms with E-state index in [2.05, 4.69) is 70.4 Å². The monoisotopic (exact) mass is 385 g/mol. The molecule has 3 rings (SSSR count). The van der Waals surface area contributed by atoms with Crippen LogP contribution in [0.3, 0.4) is 0 Å². The molecule has 0 atom stereocenters. The summed E-state index contributed by atoms with van der Waals surface area (Å²) in [5, 5.41) is 1.46. The van der Waals surface area contributed by atoms with E-state index in [4.69, 9.17) is 4.43 Å². The minimum absolute atomic E-state index is 0.653. The molecule has 2 nitrogen and oxygen atoms in total. The van der Waals surface area contributed by atoms with Crippen LogP contribution in [0.15, 0.2) is 24.3 Å². The normalized spacial score (nSPS) is 15.7. The van der Waals surface area contributed by atoms with Gasteiger partial charge in [0.05, 0.1) is 0 Å². The van der Waals surface area contributed by atoms with Crippen LogP contribution in [0.2, 0.25) is 16.6 Å². The zero-order valence-corrected chi connectivity index (χ0v) is 19.3. The quantitative estimate of drug-likeness (QED) is 0.463. The highest BCUT2D eigenvalue weighted by atomic mass is 28.4. The first-order valence-corrected chi connectivity index (χ1v) is 13.3. The van der Waals surface area contributed by atoms with Gasteiger partial charge in [-0.25, -0.2) is 0 Å². The summed E-state index contributed by atoms with van der Waals surface area (Å²) in [5.41, 5.74) is 6.54. The predicted molar refractivity (Wildman–Crippen MR) is 120 cm³/mol. The molecule has 0 fully saturated rings. The van der Waals surface area contributed by atoms with Crippen molar-refractivity contribution in [2.24, 2.45) is 0 Å². The average molecular weight is 386 g/mol. The molecule has 1 aliphatic heterocycles. The summed E-state index contributed by atoms with van der Waals surface area (Å²) >= 11 is 0. The van der Waals surface area contributed by atoms with Gasteiger partial charge in [-0.15, -0.1) is 0 Å². The number of hydrogen-bond acceptors (Lipinski definition) is 1. The second-order valence-electron chi connectivity index (χ2n) is 9.32. The average Bonchev–Trinajstić information content (AvgIpc) is 2.76. The van der Waals surface area contributed by atoms with Crippen molar-refractivity contribution in [1.82, 2.24) is 4.57 Å². The van der Waals surface area contributed by atoms with E-state index < -0.39 is 8.32 Å². The van der Waals surface area contributed by atoms with Crippen molar-refractivity contribution < 1.29 is 4.43 Å². The smallest absolute Gasteiger partial charge is 0.200 e. The molecule has 0 bridgehead atoms. The molecule has 1 aromatic carbocycles. The Morgan fingerprint density at radius 2 is 1.59 bits per heavy atom. The Labute approximate surface area is 167 Å². The largest absolute Gasteiger partial charge is 0.416 e. The number of benzene rings is 1. The highest BCUT2D eigenvalue weighted by Gasteiger charge is 2.44. The van der Waals surface area contributed by atoms with Gasteiger partial charge in [0, 0.05) is 29.7 Å². The Morgan fingerprint density at radius 1 is 0.926 bits per heavy atom. The summed E-state index contributed by atoms with van der Waals surface area (Å²) in [6, 6.07) is 9.02. The molecular weight excluding hydrogens is 346 g/mol. The zero-order chi connectivity index (χ0) is 19.6. The SMILES string of the molecule is CC(C)[Si](OCCc1c2n(c3ccccc13)CCCCC2)(C(C)C)C(C)C. The standard InChI is InChI=1S/C24H39NOSi/c1-18(2)27(19(3)4,20(5)6)26-17-15-22-21-12-9-10-14-23(21)25-16-11-7-8-13-24(22)25/h9-10,12,14,18-20H,7-8,11,13,15-17H2,1-6H3. The van der Waals surface area contributed by atoms with Crippen molar-refractivity contribution in [1.29, 1.82) is 0 Å². The molecule has 0 radical (unpaired) electrons. The Bertz CT molecular complexity index is 737. The fourth-order valence-corrected chi connectivity index (χ4v) is 11.3. The van der Waals surface area contributed by atoms with Crippen LogP contribution >= 0.6 is 0 Å². The molecule has 0 N–H and O–H groups in total. The fourth-order valence-electron chi connectivity index (χ4n) is 5.82. The van der Waals surface area contributed by atoms with Crippen LogP contribution in [0.1, 0.15) is 72.1 Å². The number of para-hydroxylation sites is 1. The number of rotatable bonds is 7. The van der Waals surface area contributed by atoms with Crippen LogP contribution in [0.25, 0.3) is 10.9 Å². The zero-order valence-electron chi connectivity index (χ0n) is 18.3. The van der Waals surface area contributed by atoms with Gasteiger partial charge < -0.3 is 8.99 Å². The first kappa shape index (κ1) is 20.7. The summed E-state index contributed by atoms with van der Waals surface area (Å²) in [6.45, 7) is 16.3. The maximum atomic E-state index is 6.89. The maximum Gasteiger partial charge on any atom is 0.200 e. The van der Waals surface area contributed by atoms with Gasteiger partial charge in [-0.05, 0) is 53.9 Å². The van der Waals surface area contributed by atoms with Gasteiger partial charge in [-0.1, -0.05) is 66.2 Å². The molecule has 0 unspecified atom stereocenters. The van der Waals surface area contributed by atoms with Gasteiger partial charge in [0.1, 0.15) is 0 Å². The number of nitrogens with zero attached hydrogens (tertiary/aromatic N) is 1. The van der Waals surface area contributed by atoms with Crippen molar-refractivity contribution in [3.8, 4) is 0 Å². The lowest BCUT2D eigenvalue weighted by Crippen LogP contribution is -2.48. The van der Waals surface area contributed by atoms with Crippen LogP contribution in [0.4, 0.5) is 0 Å². The topological polar surface area (TPSA) is 14.2 Å². The molecule has 27 heavy (non-hydrogen) atoms. The van der Waals surface area contributed by atoms with Crippen molar-refractivity contribution in [2.45, 2.75) is 96.8 Å². The third kappa shape index (κ3) is 3.78. The lowest BCUT2D eigenvalue weighted by molar-refractivity contribution is 0.281. The van der Waals surface area contributed by atoms with Crippen molar-refractivity contribution in [2.75, 3.05) is 6.61 Å². The lowest BCUT2D eigenvalue weighted by atomic mass is 10.0. The fraction of sp³-hybridized carbons (Fsp3) is 0.667. The Balaban J connectivity index is 1.88. The van der Waals surface area contributed by atoms with E-state index in [1.54, 1.807) is 11.3 Å². The summed E-state index contributed by atoms with van der Waals surface area (Å²) in [6.07, 6.45) is 6.28. The minimum atomic E-state index is -1.78. The molecule has 3 heteroatoms. The maximum absolute atomic E-state index is 6.89. The van der Waals surface area contributed by atoms with Crippen LogP contribution in [-0.4, -0.2) is 19.5 Å². The number of hydrogen-bond donors (Lipinski definition) is 0. The summed E-state index contributed by atoms with van der Waals surface area (Å²) < 4.78 is 9.50. The second kappa shape index (κ2) is 8.53. The van der Waals surface area contributed by atoms with Crippen molar-refractivity contribution in [3.63, 3.8) is 0 Å². The highest BCUT2D eigenvalue weighted by molar-refractivity contribution is 6.77. The van der Waals surface area contributed by atoms with E-state index in [1.165, 1.54) is 43.1 Å². The molecular formula is C24H39NOSi. The second-order valence-corrected chi connectivity index (χ2v) is 14.8. The van der Waals surface area contributed by atoms with E-state index in [0.29, 0.717) is 16.6 Å². The number of aryl methyl sites for hydroxylation is 1. The van der Waals surface area contributed by atoms with Crippen LogP contribution in [0, 0.1) is 0 Å². The van der Waals surface area contributed by atoms with E-state index >= 15 is 0 Å². The van der Waals surface area contributed by atoms with Gasteiger partial charge in [-0.2, -0.15) is 0 Å². The molecule has 0 saturated heterocycles. The Kier molecular flexibility index (Phi) is 6.53. The molecule has 1 aliphatic rings. The Hall–Kier alpha value is -1.06. The Morgan fingerprint density at radius 3 is 2.26 bits per heavy atom. The molecule has 150 valence electrons. The third-order valence-electron chi connectivity index (χ3n) is 6.90.